The molecule has 0 saturated carbocycles. The average molecular weight is 312 g/mol. The highest BCUT2D eigenvalue weighted by Crippen LogP contribution is 2.31. The number of imide groups is 1. The van der Waals surface area contributed by atoms with Gasteiger partial charge in [-0.15, -0.1) is 16.7 Å². The average Bonchev–Trinajstić information content (AvgIpc) is 2.81. The molecule has 0 atom stereocenters. The number of hydrogen-bond acceptors (Lipinski definition) is 5. The Bertz CT molecular complexity index is 746. The van der Waals surface area contributed by atoms with E-state index in [-0.39, 0.29) is 22.7 Å². The molecule has 1 aliphatic heterocycles. The second-order valence-electron chi connectivity index (χ2n) is 4.71. The first-order valence-corrected chi connectivity index (χ1v) is 7.71. The van der Waals surface area contributed by atoms with E-state index in [0.717, 1.165) is 4.90 Å². The van der Waals surface area contributed by atoms with Crippen LogP contribution < -0.4 is 0 Å². The predicted octanol–water partition coefficient (Wildman–Crippen LogP) is 3.47. The molecular weight excluding hydrogens is 300 g/mol. The van der Waals surface area contributed by atoms with Crippen molar-refractivity contribution in [3.8, 4) is 0 Å². The van der Waals surface area contributed by atoms with E-state index >= 15 is 0 Å². The number of thioether (sulfide) groups is 1. The smallest absolute Gasteiger partial charge is 0.263 e. The van der Waals surface area contributed by atoms with Gasteiger partial charge in [-0.25, -0.2) is 0 Å². The van der Waals surface area contributed by atoms with E-state index in [1.54, 1.807) is 23.9 Å². The van der Waals surface area contributed by atoms with Gasteiger partial charge in [0, 0.05) is 17.2 Å². The topological polar surface area (TPSA) is 66.8 Å². The minimum Gasteiger partial charge on any atom is -0.273 e. The fourth-order valence-electron chi connectivity index (χ4n) is 2.37. The lowest BCUT2D eigenvalue weighted by Gasteiger charge is -2.13. The summed E-state index contributed by atoms with van der Waals surface area (Å²) in [6.45, 7) is 0.296. The van der Waals surface area contributed by atoms with Gasteiger partial charge in [0.25, 0.3) is 11.8 Å². The highest BCUT2D eigenvalue weighted by molar-refractivity contribution is 7.99. The molecule has 5 nitrogen and oxygen atoms in total. The van der Waals surface area contributed by atoms with Crippen molar-refractivity contribution in [1.82, 2.24) is 4.90 Å². The van der Waals surface area contributed by atoms with Gasteiger partial charge < -0.3 is 0 Å². The highest BCUT2D eigenvalue weighted by atomic mass is 32.2. The highest BCUT2D eigenvalue weighted by Gasteiger charge is 2.37. The number of rotatable bonds is 5. The molecule has 0 aliphatic carbocycles. The number of carbonyl (C=O) groups is 2. The standard InChI is InChI=1S/C16H12N2O3S/c19-15-12-7-4-8-13(17-21)14(12)16(20)18(15)9-10-22-11-5-2-1-3-6-11/h1-8H,9-10H2. The molecule has 6 heteroatoms. The zero-order valence-electron chi connectivity index (χ0n) is 11.6. The van der Waals surface area contributed by atoms with Crippen LogP contribution in [0.25, 0.3) is 0 Å². The van der Waals surface area contributed by atoms with E-state index in [2.05, 4.69) is 5.18 Å². The van der Waals surface area contributed by atoms with Crippen LogP contribution in [0.5, 0.6) is 0 Å². The van der Waals surface area contributed by atoms with Crippen LogP contribution in [-0.2, 0) is 0 Å². The van der Waals surface area contributed by atoms with Gasteiger partial charge in [0.2, 0.25) is 0 Å². The first-order chi connectivity index (χ1) is 10.7. The predicted molar refractivity (Wildman–Crippen MR) is 84.4 cm³/mol. The van der Waals surface area contributed by atoms with Gasteiger partial charge in [-0.3, -0.25) is 14.5 Å². The maximum atomic E-state index is 12.3. The van der Waals surface area contributed by atoms with Crippen molar-refractivity contribution < 1.29 is 9.59 Å². The van der Waals surface area contributed by atoms with Crippen molar-refractivity contribution in [3.63, 3.8) is 0 Å². The summed E-state index contributed by atoms with van der Waals surface area (Å²) in [4.78, 5) is 37.6. The number of hydrogen-bond donors (Lipinski definition) is 0. The van der Waals surface area contributed by atoms with E-state index in [9.17, 15) is 14.5 Å². The van der Waals surface area contributed by atoms with Crippen molar-refractivity contribution in [3.05, 3.63) is 64.6 Å². The Kier molecular flexibility index (Phi) is 4.02. The molecule has 110 valence electrons. The molecule has 2 aromatic rings. The van der Waals surface area contributed by atoms with Gasteiger partial charge in [0.05, 0.1) is 11.1 Å². The van der Waals surface area contributed by atoms with Gasteiger partial charge in [-0.2, -0.15) is 0 Å². The second kappa shape index (κ2) is 6.11. The van der Waals surface area contributed by atoms with Crippen LogP contribution in [0.2, 0.25) is 0 Å². The molecule has 0 aromatic heterocycles. The largest absolute Gasteiger partial charge is 0.273 e. The SMILES string of the molecule is O=Nc1cccc2c1C(=O)N(CCSc1ccccc1)C2=O. The van der Waals surface area contributed by atoms with Crippen LogP contribution in [-0.4, -0.2) is 29.0 Å². The summed E-state index contributed by atoms with van der Waals surface area (Å²) < 4.78 is 0. The van der Waals surface area contributed by atoms with Gasteiger partial charge in [0.15, 0.2) is 0 Å². The number of benzene rings is 2. The summed E-state index contributed by atoms with van der Waals surface area (Å²) in [6, 6.07) is 14.3. The van der Waals surface area contributed by atoms with E-state index in [1.165, 1.54) is 11.0 Å². The fraction of sp³-hybridized carbons (Fsp3) is 0.125. The molecule has 0 spiro atoms. The Balaban J connectivity index is 1.73. The molecule has 1 heterocycles. The van der Waals surface area contributed by atoms with E-state index in [4.69, 9.17) is 0 Å². The molecule has 0 N–H and O–H groups in total. The summed E-state index contributed by atoms with van der Waals surface area (Å²) in [5.74, 6) is -0.206. The monoisotopic (exact) mass is 312 g/mol. The van der Waals surface area contributed by atoms with Crippen LogP contribution in [0.15, 0.2) is 58.6 Å². The third kappa shape index (κ3) is 2.53. The fourth-order valence-corrected chi connectivity index (χ4v) is 3.23. The van der Waals surface area contributed by atoms with Crippen molar-refractivity contribution in [2.24, 2.45) is 5.18 Å². The van der Waals surface area contributed by atoms with Crippen LogP contribution >= 0.6 is 11.8 Å². The lowest BCUT2D eigenvalue weighted by atomic mass is 10.1. The molecular formula is C16H12N2O3S. The summed E-state index contributed by atoms with van der Waals surface area (Å²) in [5.41, 5.74) is 0.396. The van der Waals surface area contributed by atoms with E-state index in [1.807, 2.05) is 30.3 Å². The number of nitrogens with zero attached hydrogens (tertiary/aromatic N) is 2. The lowest BCUT2D eigenvalue weighted by Crippen LogP contribution is -2.31. The zero-order valence-corrected chi connectivity index (χ0v) is 12.4. The summed E-state index contributed by atoms with van der Waals surface area (Å²) in [7, 11) is 0. The number of nitroso groups, excluding NO2 is 1. The summed E-state index contributed by atoms with van der Waals surface area (Å²) in [6.07, 6.45) is 0. The second-order valence-corrected chi connectivity index (χ2v) is 5.88. The molecule has 3 rings (SSSR count). The molecule has 0 bridgehead atoms. The van der Waals surface area contributed by atoms with Crippen LogP contribution in [0.4, 0.5) is 5.69 Å². The van der Waals surface area contributed by atoms with Crippen molar-refractivity contribution in [2.45, 2.75) is 4.90 Å². The Morgan fingerprint density at radius 2 is 1.73 bits per heavy atom. The number of fused-ring (bicyclic) bond motifs is 1. The number of amides is 2. The van der Waals surface area contributed by atoms with Gasteiger partial charge >= 0.3 is 0 Å². The van der Waals surface area contributed by atoms with Crippen molar-refractivity contribution in [1.29, 1.82) is 0 Å². The molecule has 0 saturated heterocycles. The quantitative estimate of drug-likeness (QED) is 0.481. The summed E-state index contributed by atoms with van der Waals surface area (Å²) in [5, 5.41) is 2.83. The molecule has 1 aliphatic rings. The molecule has 0 fully saturated rings. The van der Waals surface area contributed by atoms with E-state index in [0.29, 0.717) is 12.3 Å². The first kappa shape index (κ1) is 14.5. The van der Waals surface area contributed by atoms with Crippen molar-refractivity contribution >= 4 is 29.3 Å². The zero-order chi connectivity index (χ0) is 15.5. The van der Waals surface area contributed by atoms with Crippen LogP contribution in [0, 0.1) is 4.91 Å². The third-order valence-corrected chi connectivity index (χ3v) is 4.39. The maximum absolute atomic E-state index is 12.3. The number of carbonyl (C=O) groups excluding carboxylic acids is 2. The van der Waals surface area contributed by atoms with Gasteiger partial charge in [0.1, 0.15) is 5.69 Å². The summed E-state index contributed by atoms with van der Waals surface area (Å²) >= 11 is 1.57. The molecule has 22 heavy (non-hydrogen) atoms. The molecule has 0 unspecified atom stereocenters. The third-order valence-electron chi connectivity index (χ3n) is 3.40. The van der Waals surface area contributed by atoms with E-state index < -0.39 is 5.91 Å². The maximum Gasteiger partial charge on any atom is 0.263 e. The van der Waals surface area contributed by atoms with Crippen LogP contribution in [0.3, 0.4) is 0 Å². The first-order valence-electron chi connectivity index (χ1n) is 6.73. The van der Waals surface area contributed by atoms with Crippen LogP contribution in [0.1, 0.15) is 20.7 Å². The molecule has 2 aromatic carbocycles. The minimum atomic E-state index is -0.441. The Labute approximate surface area is 131 Å². The Morgan fingerprint density at radius 3 is 2.45 bits per heavy atom. The molecule has 0 radical (unpaired) electrons. The van der Waals surface area contributed by atoms with Gasteiger partial charge in [-0.05, 0) is 29.4 Å². The van der Waals surface area contributed by atoms with Gasteiger partial charge in [-0.1, -0.05) is 24.3 Å². The van der Waals surface area contributed by atoms with Crippen molar-refractivity contribution in [2.75, 3.05) is 12.3 Å². The normalized spacial score (nSPS) is 13.4. The lowest BCUT2D eigenvalue weighted by molar-refractivity contribution is 0.0664. The Hall–Kier alpha value is -2.47. The molecule has 2 amide bonds. The Morgan fingerprint density at radius 1 is 0.955 bits per heavy atom. The minimum absolute atomic E-state index is 0.0223.